The first-order chi connectivity index (χ1) is 3.93. The predicted octanol–water partition coefficient (Wildman–Crippen LogP) is 0.867. The van der Waals surface area contributed by atoms with Gasteiger partial charge in [-0.2, -0.15) is 0 Å². The van der Waals surface area contributed by atoms with Crippen molar-refractivity contribution in [2.75, 3.05) is 0 Å². The van der Waals surface area contributed by atoms with Gasteiger partial charge in [0.15, 0.2) is 0 Å². The molecule has 0 bridgehead atoms. The van der Waals surface area contributed by atoms with E-state index in [9.17, 15) is 5.21 Å². The molecule has 0 spiro atoms. The third kappa shape index (κ3) is 1.08. The molecule has 0 aromatic carbocycles. The Morgan fingerprint density at radius 2 is 2.62 bits per heavy atom. The van der Waals surface area contributed by atoms with Gasteiger partial charge in [-0.05, 0) is 12.1 Å². The summed E-state index contributed by atoms with van der Waals surface area (Å²) in [6.45, 7) is 0.257. The van der Waals surface area contributed by atoms with Crippen molar-refractivity contribution in [1.29, 1.82) is 0 Å². The third-order valence-electron chi connectivity index (χ3n) is 0.827. The highest BCUT2D eigenvalue weighted by Gasteiger charge is 1.85. The van der Waals surface area contributed by atoms with Crippen molar-refractivity contribution in [2.24, 2.45) is 0 Å². The van der Waals surface area contributed by atoms with Crippen LogP contribution in [-0.2, 0) is 6.54 Å². The van der Waals surface area contributed by atoms with E-state index in [4.69, 9.17) is 4.42 Å². The van der Waals surface area contributed by atoms with E-state index in [-0.39, 0.29) is 6.54 Å². The molecule has 0 fully saturated rings. The summed E-state index contributed by atoms with van der Waals surface area (Å²) in [7, 11) is 0. The molecule has 8 heavy (non-hydrogen) atoms. The second-order valence-corrected chi connectivity index (χ2v) is 1.40. The normalized spacial score (nSPS) is 9.62. The fourth-order valence-electron chi connectivity index (χ4n) is 0.484. The van der Waals surface area contributed by atoms with Crippen molar-refractivity contribution < 1.29 is 4.42 Å². The summed E-state index contributed by atoms with van der Waals surface area (Å²) in [5.74, 6) is 0.667. The van der Waals surface area contributed by atoms with E-state index >= 15 is 0 Å². The Morgan fingerprint density at radius 3 is 3.12 bits per heavy atom. The van der Waals surface area contributed by atoms with Crippen LogP contribution in [0.3, 0.4) is 0 Å². The summed E-state index contributed by atoms with van der Waals surface area (Å²) in [6.07, 6.45) is 1.53. The molecule has 0 aliphatic rings. The SMILES string of the molecule is [O-]NCc1ccco1. The minimum Gasteiger partial charge on any atom is -0.787 e. The number of hydrogen-bond acceptors (Lipinski definition) is 3. The Bertz CT molecular complexity index is 136. The maximum atomic E-state index is 9.69. The molecule has 0 saturated heterocycles. The van der Waals surface area contributed by atoms with Gasteiger partial charge in [0.2, 0.25) is 0 Å². The molecule has 1 aromatic rings. The van der Waals surface area contributed by atoms with Gasteiger partial charge in [0.25, 0.3) is 0 Å². The van der Waals surface area contributed by atoms with Gasteiger partial charge in [0.05, 0.1) is 6.26 Å². The van der Waals surface area contributed by atoms with Gasteiger partial charge in [-0.15, -0.1) is 0 Å². The molecular weight excluding hydrogens is 106 g/mol. The van der Waals surface area contributed by atoms with Crippen molar-refractivity contribution in [3.8, 4) is 0 Å². The number of hydroxylamine groups is 1. The second-order valence-electron chi connectivity index (χ2n) is 1.40. The monoisotopic (exact) mass is 112 g/mol. The fourth-order valence-corrected chi connectivity index (χ4v) is 0.484. The molecule has 1 rings (SSSR count). The first kappa shape index (κ1) is 5.34. The van der Waals surface area contributed by atoms with Gasteiger partial charge < -0.3 is 15.1 Å². The van der Waals surface area contributed by atoms with E-state index < -0.39 is 0 Å². The molecule has 3 heteroatoms. The molecule has 3 nitrogen and oxygen atoms in total. The van der Waals surface area contributed by atoms with Crippen LogP contribution in [0, 0.1) is 5.21 Å². The van der Waals surface area contributed by atoms with Crippen LogP contribution in [0.1, 0.15) is 5.76 Å². The Hall–Kier alpha value is -0.800. The summed E-state index contributed by atoms with van der Waals surface area (Å²) in [5.41, 5.74) is 1.73. The number of hydrogen-bond donors (Lipinski definition) is 1. The zero-order chi connectivity index (χ0) is 5.82. The lowest BCUT2D eigenvalue weighted by molar-refractivity contribution is 0.500. The van der Waals surface area contributed by atoms with E-state index in [1.165, 1.54) is 6.26 Å². The Labute approximate surface area is 46.9 Å². The van der Waals surface area contributed by atoms with Crippen LogP contribution in [0.5, 0.6) is 0 Å². The van der Waals surface area contributed by atoms with Crippen LogP contribution in [0.4, 0.5) is 0 Å². The standard InChI is InChI=1S/C5H6NO2/c7-6-4-5-2-1-3-8-5/h1-3,6H,4H2/q-1. The molecule has 44 valence electrons. The van der Waals surface area contributed by atoms with E-state index in [0.29, 0.717) is 5.76 Å². The van der Waals surface area contributed by atoms with Crippen molar-refractivity contribution in [3.05, 3.63) is 29.4 Å². The van der Waals surface area contributed by atoms with Crippen molar-refractivity contribution >= 4 is 0 Å². The highest BCUT2D eigenvalue weighted by Crippen LogP contribution is 1.97. The molecule has 0 radical (unpaired) electrons. The lowest BCUT2D eigenvalue weighted by Gasteiger charge is -2.01. The van der Waals surface area contributed by atoms with Gasteiger partial charge in [-0.25, -0.2) is 0 Å². The Balaban J connectivity index is 2.50. The van der Waals surface area contributed by atoms with Crippen LogP contribution in [0.2, 0.25) is 0 Å². The molecule has 0 amide bonds. The summed E-state index contributed by atoms with van der Waals surface area (Å²) in [5, 5.41) is 9.69. The predicted molar refractivity (Wildman–Crippen MR) is 28.9 cm³/mol. The van der Waals surface area contributed by atoms with Crippen LogP contribution < -0.4 is 5.48 Å². The molecule has 1 heterocycles. The van der Waals surface area contributed by atoms with E-state index in [1.54, 1.807) is 17.6 Å². The van der Waals surface area contributed by atoms with E-state index in [1.807, 2.05) is 0 Å². The number of furan rings is 1. The second kappa shape index (κ2) is 2.49. The Kier molecular flexibility index (Phi) is 1.66. The molecule has 0 aliphatic carbocycles. The molecule has 0 aliphatic heterocycles. The van der Waals surface area contributed by atoms with Gasteiger partial charge in [0.1, 0.15) is 5.76 Å². The van der Waals surface area contributed by atoms with Crippen molar-refractivity contribution in [1.82, 2.24) is 5.48 Å². The first-order valence-electron chi connectivity index (χ1n) is 2.31. The lowest BCUT2D eigenvalue weighted by Crippen LogP contribution is -2.00. The third-order valence-corrected chi connectivity index (χ3v) is 0.827. The molecule has 0 unspecified atom stereocenters. The zero-order valence-electron chi connectivity index (χ0n) is 4.26. The van der Waals surface area contributed by atoms with Crippen LogP contribution in [-0.4, -0.2) is 0 Å². The number of rotatable bonds is 2. The molecular formula is C5H6NO2-. The molecule has 0 atom stereocenters. The van der Waals surface area contributed by atoms with E-state index in [0.717, 1.165) is 0 Å². The summed E-state index contributed by atoms with van der Waals surface area (Å²) < 4.78 is 4.81. The average Bonchev–Trinajstić information content (AvgIpc) is 2.19. The smallest absolute Gasteiger partial charge is 0.116 e. The highest BCUT2D eigenvalue weighted by molar-refractivity contribution is 4.97. The van der Waals surface area contributed by atoms with Crippen LogP contribution in [0.15, 0.2) is 22.8 Å². The average molecular weight is 112 g/mol. The largest absolute Gasteiger partial charge is 0.787 e. The highest BCUT2D eigenvalue weighted by atomic mass is 16.5. The lowest BCUT2D eigenvalue weighted by atomic mass is 10.5. The number of nitrogens with one attached hydrogen (secondary N) is 1. The minimum atomic E-state index is 0.257. The minimum absolute atomic E-state index is 0.257. The van der Waals surface area contributed by atoms with Gasteiger partial charge >= 0.3 is 0 Å². The maximum Gasteiger partial charge on any atom is 0.116 e. The maximum absolute atomic E-state index is 9.69. The molecule has 0 saturated carbocycles. The van der Waals surface area contributed by atoms with Gasteiger partial charge in [-0.3, -0.25) is 0 Å². The fraction of sp³-hybridized carbons (Fsp3) is 0.200. The first-order valence-corrected chi connectivity index (χ1v) is 2.31. The summed E-state index contributed by atoms with van der Waals surface area (Å²) >= 11 is 0. The summed E-state index contributed by atoms with van der Waals surface area (Å²) in [4.78, 5) is 0. The zero-order valence-corrected chi connectivity index (χ0v) is 4.26. The van der Waals surface area contributed by atoms with Crippen LogP contribution in [0.25, 0.3) is 0 Å². The van der Waals surface area contributed by atoms with Gasteiger partial charge in [-0.1, -0.05) is 0 Å². The Morgan fingerprint density at radius 1 is 1.75 bits per heavy atom. The molecule has 1 aromatic heterocycles. The van der Waals surface area contributed by atoms with Gasteiger partial charge in [0, 0.05) is 6.54 Å². The quantitative estimate of drug-likeness (QED) is 0.577. The summed E-state index contributed by atoms with van der Waals surface area (Å²) in [6, 6.07) is 3.48. The molecule has 1 N–H and O–H groups in total. The van der Waals surface area contributed by atoms with Crippen molar-refractivity contribution in [2.45, 2.75) is 6.54 Å². The van der Waals surface area contributed by atoms with E-state index in [2.05, 4.69) is 0 Å². The topological polar surface area (TPSA) is 48.2 Å². The van der Waals surface area contributed by atoms with Crippen LogP contribution >= 0.6 is 0 Å². The van der Waals surface area contributed by atoms with Crippen molar-refractivity contribution in [3.63, 3.8) is 0 Å².